The standard InChI is InChI=1S/C23H24N4O2S2/c1-23(2,3)15-9-10-16-17(12-24)21(31-18(16)11-15)25-19(28)13-30-22-27-26-20(29-22)14-7-5-4-6-8-14/h4-8,15H,9-11,13H2,1-3H3,(H,25,28)/t15-/m0/s1. The third-order valence-corrected chi connectivity index (χ3v) is 7.60. The van der Waals surface area contributed by atoms with E-state index in [1.54, 1.807) is 11.3 Å². The predicted octanol–water partition coefficient (Wildman–Crippen LogP) is 5.55. The summed E-state index contributed by atoms with van der Waals surface area (Å²) in [6.45, 7) is 6.80. The van der Waals surface area contributed by atoms with Crippen LogP contribution in [0.1, 0.15) is 43.2 Å². The maximum Gasteiger partial charge on any atom is 0.277 e. The molecule has 160 valence electrons. The number of rotatable bonds is 5. The van der Waals surface area contributed by atoms with Crippen LogP contribution in [-0.2, 0) is 17.6 Å². The molecule has 3 aromatic rings. The van der Waals surface area contributed by atoms with E-state index in [2.05, 4.69) is 42.4 Å². The first-order valence-corrected chi connectivity index (χ1v) is 12.0. The van der Waals surface area contributed by atoms with E-state index in [0.29, 0.717) is 27.6 Å². The quantitative estimate of drug-likeness (QED) is 0.510. The Bertz CT molecular complexity index is 1120. The first kappa shape index (κ1) is 21.6. The fraction of sp³-hybridized carbons (Fsp3) is 0.391. The predicted molar refractivity (Wildman–Crippen MR) is 123 cm³/mol. The SMILES string of the molecule is CC(C)(C)[C@H]1CCc2c(sc(NC(=O)CSc3nnc(-c4ccccc4)o3)c2C#N)C1. The molecular formula is C23H24N4O2S2. The molecular weight excluding hydrogens is 428 g/mol. The zero-order valence-corrected chi connectivity index (χ0v) is 19.4. The molecule has 1 amide bonds. The maximum absolute atomic E-state index is 12.5. The topological polar surface area (TPSA) is 91.8 Å². The van der Waals surface area contributed by atoms with Gasteiger partial charge in [0.1, 0.15) is 11.1 Å². The zero-order chi connectivity index (χ0) is 22.0. The maximum atomic E-state index is 12.5. The van der Waals surface area contributed by atoms with E-state index in [1.807, 2.05) is 30.3 Å². The highest BCUT2D eigenvalue weighted by atomic mass is 32.2. The van der Waals surface area contributed by atoms with Crippen molar-refractivity contribution in [2.24, 2.45) is 11.3 Å². The molecule has 0 fully saturated rings. The van der Waals surface area contributed by atoms with Crippen molar-refractivity contribution >= 4 is 34.0 Å². The fourth-order valence-electron chi connectivity index (χ4n) is 3.79. The number of amides is 1. The van der Waals surface area contributed by atoms with Gasteiger partial charge >= 0.3 is 0 Å². The average molecular weight is 453 g/mol. The van der Waals surface area contributed by atoms with Crippen molar-refractivity contribution in [1.82, 2.24) is 10.2 Å². The lowest BCUT2D eigenvalue weighted by Crippen LogP contribution is -2.26. The second kappa shape index (κ2) is 8.85. The molecule has 0 aliphatic heterocycles. The molecule has 1 aliphatic rings. The Labute approximate surface area is 190 Å². The number of aromatic nitrogens is 2. The number of benzene rings is 1. The van der Waals surface area contributed by atoms with Crippen molar-refractivity contribution in [3.05, 3.63) is 46.3 Å². The summed E-state index contributed by atoms with van der Waals surface area (Å²) in [4.78, 5) is 13.8. The Kier molecular flexibility index (Phi) is 6.17. The van der Waals surface area contributed by atoms with Crippen LogP contribution in [0.4, 0.5) is 5.00 Å². The van der Waals surface area contributed by atoms with Crippen LogP contribution in [0.3, 0.4) is 0 Å². The van der Waals surface area contributed by atoms with Gasteiger partial charge in [-0.25, -0.2) is 0 Å². The summed E-state index contributed by atoms with van der Waals surface area (Å²) in [5.74, 6) is 0.955. The van der Waals surface area contributed by atoms with Crippen LogP contribution in [0.15, 0.2) is 40.0 Å². The summed E-state index contributed by atoms with van der Waals surface area (Å²) in [5.41, 5.74) is 2.80. The number of nitrogens with one attached hydrogen (secondary N) is 1. The number of nitrogens with zero attached hydrogens (tertiary/aromatic N) is 3. The van der Waals surface area contributed by atoms with E-state index in [0.717, 1.165) is 30.4 Å². The Morgan fingerprint density at radius 2 is 2.10 bits per heavy atom. The van der Waals surface area contributed by atoms with Gasteiger partial charge in [0.2, 0.25) is 11.8 Å². The Balaban J connectivity index is 1.40. The molecule has 8 heteroatoms. The molecule has 6 nitrogen and oxygen atoms in total. The van der Waals surface area contributed by atoms with Crippen LogP contribution in [0.25, 0.3) is 11.5 Å². The normalized spacial score (nSPS) is 15.9. The number of anilines is 1. The molecule has 2 heterocycles. The first-order valence-electron chi connectivity index (χ1n) is 10.2. The van der Waals surface area contributed by atoms with E-state index in [4.69, 9.17) is 4.42 Å². The van der Waals surface area contributed by atoms with Gasteiger partial charge in [0.05, 0.1) is 11.3 Å². The molecule has 4 rings (SSSR count). The summed E-state index contributed by atoms with van der Waals surface area (Å²) in [6, 6.07) is 11.8. The number of carbonyl (C=O) groups excluding carboxylic acids is 1. The van der Waals surface area contributed by atoms with Gasteiger partial charge in [0, 0.05) is 10.4 Å². The van der Waals surface area contributed by atoms with Gasteiger partial charge in [-0.05, 0) is 48.3 Å². The minimum absolute atomic E-state index is 0.133. The number of hydrogen-bond acceptors (Lipinski definition) is 7. The minimum atomic E-state index is -0.188. The summed E-state index contributed by atoms with van der Waals surface area (Å²) in [6.07, 6.45) is 2.94. The van der Waals surface area contributed by atoms with Crippen molar-refractivity contribution < 1.29 is 9.21 Å². The average Bonchev–Trinajstić information content (AvgIpc) is 3.36. The van der Waals surface area contributed by atoms with Crippen LogP contribution in [0.2, 0.25) is 0 Å². The van der Waals surface area contributed by atoms with E-state index < -0.39 is 0 Å². The van der Waals surface area contributed by atoms with Crippen LogP contribution < -0.4 is 5.32 Å². The molecule has 1 aliphatic carbocycles. The number of nitriles is 1. The van der Waals surface area contributed by atoms with E-state index >= 15 is 0 Å². The molecule has 1 aromatic carbocycles. The van der Waals surface area contributed by atoms with Gasteiger partial charge in [-0.1, -0.05) is 50.7 Å². The van der Waals surface area contributed by atoms with E-state index in [-0.39, 0.29) is 17.1 Å². The van der Waals surface area contributed by atoms with Crippen LogP contribution >= 0.6 is 23.1 Å². The van der Waals surface area contributed by atoms with Crippen molar-refractivity contribution in [1.29, 1.82) is 5.26 Å². The molecule has 1 atom stereocenters. The number of hydrogen-bond donors (Lipinski definition) is 1. The van der Waals surface area contributed by atoms with Crippen molar-refractivity contribution in [2.45, 2.75) is 45.3 Å². The Morgan fingerprint density at radius 3 is 2.81 bits per heavy atom. The molecule has 0 radical (unpaired) electrons. The molecule has 2 aromatic heterocycles. The Hall–Kier alpha value is -2.63. The number of fused-ring (bicyclic) bond motifs is 1. The summed E-state index contributed by atoms with van der Waals surface area (Å²) < 4.78 is 5.64. The monoisotopic (exact) mass is 452 g/mol. The number of thiophene rings is 1. The smallest absolute Gasteiger partial charge is 0.277 e. The lowest BCUT2D eigenvalue weighted by molar-refractivity contribution is -0.113. The highest BCUT2D eigenvalue weighted by molar-refractivity contribution is 7.99. The van der Waals surface area contributed by atoms with Crippen LogP contribution in [-0.4, -0.2) is 21.9 Å². The molecule has 0 spiro atoms. The van der Waals surface area contributed by atoms with Crippen LogP contribution in [0, 0.1) is 22.7 Å². The lowest BCUT2D eigenvalue weighted by Gasteiger charge is -2.33. The molecule has 1 N–H and O–H groups in total. The second-order valence-corrected chi connectivity index (χ2v) is 10.7. The fourth-order valence-corrected chi connectivity index (χ4v) is 5.64. The van der Waals surface area contributed by atoms with Crippen molar-refractivity contribution in [3.8, 4) is 17.5 Å². The zero-order valence-electron chi connectivity index (χ0n) is 17.8. The lowest BCUT2D eigenvalue weighted by atomic mass is 9.72. The highest BCUT2D eigenvalue weighted by Crippen LogP contribution is 2.44. The largest absolute Gasteiger partial charge is 0.411 e. The van der Waals surface area contributed by atoms with Gasteiger partial charge in [0.25, 0.3) is 5.22 Å². The third-order valence-electron chi connectivity index (χ3n) is 5.61. The highest BCUT2D eigenvalue weighted by Gasteiger charge is 2.32. The Morgan fingerprint density at radius 1 is 1.32 bits per heavy atom. The first-order chi connectivity index (χ1) is 14.8. The number of thioether (sulfide) groups is 1. The molecule has 0 bridgehead atoms. The molecule has 31 heavy (non-hydrogen) atoms. The van der Waals surface area contributed by atoms with E-state index in [9.17, 15) is 10.1 Å². The summed E-state index contributed by atoms with van der Waals surface area (Å²) in [5, 5.41) is 21.7. The summed E-state index contributed by atoms with van der Waals surface area (Å²) in [7, 11) is 0. The van der Waals surface area contributed by atoms with Gasteiger partial charge in [-0.3, -0.25) is 4.79 Å². The minimum Gasteiger partial charge on any atom is -0.411 e. The second-order valence-electron chi connectivity index (χ2n) is 8.70. The van der Waals surface area contributed by atoms with Gasteiger partial charge in [-0.2, -0.15) is 5.26 Å². The third kappa shape index (κ3) is 4.83. The van der Waals surface area contributed by atoms with E-state index in [1.165, 1.54) is 16.6 Å². The van der Waals surface area contributed by atoms with Crippen molar-refractivity contribution in [3.63, 3.8) is 0 Å². The summed E-state index contributed by atoms with van der Waals surface area (Å²) >= 11 is 2.73. The van der Waals surface area contributed by atoms with Gasteiger partial charge in [0.15, 0.2) is 0 Å². The molecule has 0 saturated carbocycles. The van der Waals surface area contributed by atoms with Gasteiger partial charge < -0.3 is 9.73 Å². The number of carbonyl (C=O) groups is 1. The van der Waals surface area contributed by atoms with Crippen LogP contribution in [0.5, 0.6) is 0 Å². The van der Waals surface area contributed by atoms with Crippen molar-refractivity contribution in [2.75, 3.05) is 11.1 Å². The van der Waals surface area contributed by atoms with Gasteiger partial charge in [-0.15, -0.1) is 21.5 Å². The molecule has 0 unspecified atom stereocenters. The molecule has 0 saturated heterocycles.